The number of ether oxygens (including phenoxy) is 1. The Labute approximate surface area is 57.9 Å². The highest BCUT2D eigenvalue weighted by Gasteiger charge is 2.27. The van der Waals surface area contributed by atoms with Crippen LogP contribution in [-0.4, -0.2) is 24.3 Å². The van der Waals surface area contributed by atoms with Gasteiger partial charge in [0.15, 0.2) is 0 Å². The van der Waals surface area contributed by atoms with Crippen LogP contribution in [0.15, 0.2) is 5.29 Å². The van der Waals surface area contributed by atoms with Crippen LogP contribution in [0.25, 0.3) is 0 Å². The molecule has 0 aromatic heterocycles. The first-order chi connectivity index (χ1) is 4.74. The molecular formula is C5H8N2O3. The molecule has 0 aromatic carbocycles. The summed E-state index contributed by atoms with van der Waals surface area (Å²) in [6.07, 6.45) is 1.16. The molecule has 5 nitrogen and oxygen atoms in total. The average molecular weight is 144 g/mol. The van der Waals surface area contributed by atoms with Gasteiger partial charge in [0.25, 0.3) is 0 Å². The molecule has 10 heavy (non-hydrogen) atoms. The Balaban J connectivity index is 2.24. The SMILES string of the molecule is CN(N=O)C(=O)OC1CC1. The van der Waals surface area contributed by atoms with E-state index in [-0.39, 0.29) is 6.10 Å². The lowest BCUT2D eigenvalue weighted by atomic mass is 10.8. The average Bonchev–Trinajstić information content (AvgIpc) is 2.70. The molecule has 0 radical (unpaired) electrons. The van der Waals surface area contributed by atoms with E-state index in [4.69, 9.17) is 4.74 Å². The number of hydrogen-bond donors (Lipinski definition) is 0. The molecule has 0 bridgehead atoms. The fraction of sp³-hybridized carbons (Fsp3) is 0.800. The summed E-state index contributed by atoms with van der Waals surface area (Å²) in [4.78, 5) is 20.4. The fourth-order valence-electron chi connectivity index (χ4n) is 0.438. The lowest BCUT2D eigenvalue weighted by Gasteiger charge is -2.05. The Kier molecular flexibility index (Phi) is 1.84. The highest BCUT2D eigenvalue weighted by atomic mass is 16.6. The number of nitrogens with zero attached hydrogens (tertiary/aromatic N) is 2. The van der Waals surface area contributed by atoms with Crippen molar-refractivity contribution in [2.24, 2.45) is 5.29 Å². The monoisotopic (exact) mass is 144 g/mol. The van der Waals surface area contributed by atoms with Crippen LogP contribution in [0, 0.1) is 4.91 Å². The first kappa shape index (κ1) is 6.98. The van der Waals surface area contributed by atoms with E-state index in [9.17, 15) is 9.70 Å². The molecular weight excluding hydrogens is 136 g/mol. The lowest BCUT2D eigenvalue weighted by molar-refractivity contribution is 0.105. The normalized spacial score (nSPS) is 16.1. The van der Waals surface area contributed by atoms with Crippen molar-refractivity contribution in [3.63, 3.8) is 0 Å². The summed E-state index contributed by atoms with van der Waals surface area (Å²) in [5.41, 5.74) is 0. The van der Waals surface area contributed by atoms with Gasteiger partial charge in [-0.3, -0.25) is 0 Å². The molecule has 1 aliphatic carbocycles. The van der Waals surface area contributed by atoms with Gasteiger partial charge in [0.1, 0.15) is 6.10 Å². The van der Waals surface area contributed by atoms with E-state index < -0.39 is 6.09 Å². The molecule has 0 aliphatic heterocycles. The quantitative estimate of drug-likeness (QED) is 0.427. The first-order valence-electron chi connectivity index (χ1n) is 3.01. The molecule has 0 heterocycles. The Hall–Kier alpha value is -1.13. The minimum Gasteiger partial charge on any atom is -0.445 e. The summed E-state index contributed by atoms with van der Waals surface area (Å²) in [7, 11) is 1.26. The van der Waals surface area contributed by atoms with Gasteiger partial charge in [0.05, 0.1) is 5.29 Å². The van der Waals surface area contributed by atoms with Gasteiger partial charge >= 0.3 is 6.09 Å². The Morgan fingerprint density at radius 2 is 2.30 bits per heavy atom. The topological polar surface area (TPSA) is 59.0 Å². The van der Waals surface area contributed by atoms with Crippen molar-refractivity contribution in [1.29, 1.82) is 0 Å². The van der Waals surface area contributed by atoms with E-state index in [0.717, 1.165) is 12.8 Å². The van der Waals surface area contributed by atoms with Gasteiger partial charge in [-0.25, -0.2) is 4.79 Å². The summed E-state index contributed by atoms with van der Waals surface area (Å²) in [5, 5.41) is 3.02. The second-order valence-corrected chi connectivity index (χ2v) is 2.19. The maximum atomic E-state index is 10.6. The summed E-state index contributed by atoms with van der Waals surface area (Å²) in [6.45, 7) is 0. The number of amides is 1. The van der Waals surface area contributed by atoms with E-state index >= 15 is 0 Å². The second kappa shape index (κ2) is 2.64. The third kappa shape index (κ3) is 1.68. The Morgan fingerprint density at radius 3 is 2.70 bits per heavy atom. The van der Waals surface area contributed by atoms with E-state index in [1.54, 1.807) is 0 Å². The number of carbonyl (C=O) groups excluding carboxylic acids is 1. The molecule has 5 heteroatoms. The molecule has 0 spiro atoms. The van der Waals surface area contributed by atoms with Crippen LogP contribution in [0.1, 0.15) is 12.8 Å². The van der Waals surface area contributed by atoms with E-state index in [1.165, 1.54) is 7.05 Å². The molecule has 0 saturated heterocycles. The van der Waals surface area contributed by atoms with Crippen LogP contribution in [0.4, 0.5) is 4.79 Å². The lowest BCUT2D eigenvalue weighted by Crippen LogP contribution is -2.22. The third-order valence-corrected chi connectivity index (χ3v) is 1.18. The summed E-state index contributed by atoms with van der Waals surface area (Å²) >= 11 is 0. The largest absolute Gasteiger partial charge is 0.445 e. The molecule has 1 fully saturated rings. The molecule has 1 rings (SSSR count). The van der Waals surface area contributed by atoms with E-state index in [0.29, 0.717) is 5.01 Å². The van der Waals surface area contributed by atoms with Crippen molar-refractivity contribution in [1.82, 2.24) is 5.01 Å². The summed E-state index contributed by atoms with van der Waals surface area (Å²) in [5.74, 6) is 0. The fourth-order valence-corrected chi connectivity index (χ4v) is 0.438. The van der Waals surface area contributed by atoms with Crippen molar-refractivity contribution in [3.05, 3.63) is 4.91 Å². The van der Waals surface area contributed by atoms with Crippen LogP contribution in [0.5, 0.6) is 0 Å². The number of rotatable bonds is 2. The van der Waals surface area contributed by atoms with Gasteiger partial charge in [-0.1, -0.05) is 0 Å². The zero-order chi connectivity index (χ0) is 7.56. The molecule has 56 valence electrons. The van der Waals surface area contributed by atoms with Gasteiger partial charge in [-0.2, -0.15) is 5.01 Å². The maximum Gasteiger partial charge on any atom is 0.433 e. The highest BCUT2D eigenvalue weighted by molar-refractivity contribution is 5.67. The Morgan fingerprint density at radius 1 is 1.70 bits per heavy atom. The van der Waals surface area contributed by atoms with Crippen molar-refractivity contribution in [2.75, 3.05) is 7.05 Å². The second-order valence-electron chi connectivity index (χ2n) is 2.19. The summed E-state index contributed by atoms with van der Waals surface area (Å²) in [6, 6.07) is 0. The van der Waals surface area contributed by atoms with Gasteiger partial charge in [-0.15, -0.1) is 4.91 Å². The molecule has 1 saturated carbocycles. The highest BCUT2D eigenvalue weighted by Crippen LogP contribution is 2.23. The molecule has 1 aliphatic rings. The smallest absolute Gasteiger partial charge is 0.433 e. The third-order valence-electron chi connectivity index (χ3n) is 1.18. The van der Waals surface area contributed by atoms with Gasteiger partial charge in [-0.05, 0) is 12.8 Å². The predicted molar refractivity (Wildman–Crippen MR) is 33.1 cm³/mol. The zero-order valence-electron chi connectivity index (χ0n) is 5.61. The molecule has 0 atom stereocenters. The van der Waals surface area contributed by atoms with Crippen LogP contribution in [0.2, 0.25) is 0 Å². The van der Waals surface area contributed by atoms with Gasteiger partial charge < -0.3 is 4.74 Å². The zero-order valence-corrected chi connectivity index (χ0v) is 5.61. The minimum atomic E-state index is -0.669. The van der Waals surface area contributed by atoms with Gasteiger partial charge in [0.2, 0.25) is 0 Å². The Bertz CT molecular complexity index is 155. The molecule has 0 N–H and O–H groups in total. The van der Waals surface area contributed by atoms with Crippen LogP contribution in [-0.2, 0) is 4.74 Å². The predicted octanol–water partition coefficient (Wildman–Crippen LogP) is 0.899. The summed E-state index contributed by atoms with van der Waals surface area (Å²) < 4.78 is 4.71. The van der Waals surface area contributed by atoms with Crippen molar-refractivity contribution in [2.45, 2.75) is 18.9 Å². The maximum absolute atomic E-state index is 10.6. The number of hydrogen-bond acceptors (Lipinski definition) is 4. The number of nitroso groups, excluding NO2 is 1. The first-order valence-corrected chi connectivity index (χ1v) is 3.01. The standard InChI is InChI=1S/C5H8N2O3/c1-7(6-9)5(8)10-4-2-3-4/h4H,2-3H2,1H3. The minimum absolute atomic E-state index is 0.0247. The van der Waals surface area contributed by atoms with E-state index in [1.807, 2.05) is 0 Å². The molecule has 0 unspecified atom stereocenters. The van der Waals surface area contributed by atoms with Crippen molar-refractivity contribution < 1.29 is 9.53 Å². The van der Waals surface area contributed by atoms with Crippen molar-refractivity contribution in [3.8, 4) is 0 Å². The van der Waals surface area contributed by atoms with Crippen LogP contribution >= 0.6 is 0 Å². The van der Waals surface area contributed by atoms with Gasteiger partial charge in [0, 0.05) is 7.05 Å². The van der Waals surface area contributed by atoms with E-state index in [2.05, 4.69) is 5.29 Å². The molecule has 1 amide bonds. The number of carbonyl (C=O) groups is 1. The van der Waals surface area contributed by atoms with Crippen LogP contribution in [0.3, 0.4) is 0 Å². The van der Waals surface area contributed by atoms with Crippen molar-refractivity contribution >= 4 is 6.09 Å². The molecule has 0 aromatic rings. The van der Waals surface area contributed by atoms with Crippen LogP contribution < -0.4 is 0 Å².